The predicted octanol–water partition coefficient (Wildman–Crippen LogP) is 5.41. The molecule has 0 saturated carbocycles. The number of aromatic amines is 1. The Bertz CT molecular complexity index is 1290. The normalized spacial score (nSPS) is 10.8. The molecule has 6 nitrogen and oxygen atoms in total. The Labute approximate surface area is 186 Å². The molecule has 1 aromatic heterocycles. The summed E-state index contributed by atoms with van der Waals surface area (Å²) < 4.78 is 21.5. The number of ether oxygens (including phenoxy) is 4. The molecule has 0 saturated heterocycles. The van der Waals surface area contributed by atoms with E-state index in [0.717, 1.165) is 33.3 Å². The third-order valence-electron chi connectivity index (χ3n) is 5.54. The number of H-pyrrole nitrogens is 1. The molecule has 0 bridgehead atoms. The van der Waals surface area contributed by atoms with E-state index in [0.29, 0.717) is 28.5 Å². The number of rotatable bonds is 7. The molecule has 6 heteroatoms. The van der Waals surface area contributed by atoms with Crippen LogP contribution in [0.2, 0.25) is 0 Å². The van der Waals surface area contributed by atoms with Gasteiger partial charge in [0.25, 0.3) is 0 Å². The van der Waals surface area contributed by atoms with Gasteiger partial charge in [0.15, 0.2) is 11.5 Å². The first kappa shape index (κ1) is 21.3. The minimum absolute atomic E-state index is 0.143. The van der Waals surface area contributed by atoms with E-state index in [9.17, 15) is 4.79 Å². The van der Waals surface area contributed by atoms with E-state index in [1.165, 1.54) is 0 Å². The fourth-order valence-corrected chi connectivity index (χ4v) is 3.96. The maximum Gasteiger partial charge on any atom is 0.209 e. The Morgan fingerprint density at radius 2 is 1.47 bits per heavy atom. The van der Waals surface area contributed by atoms with Crippen LogP contribution in [0.15, 0.2) is 54.6 Å². The number of benzene rings is 3. The number of ketones is 1. The molecule has 0 aliphatic heterocycles. The number of nitrogens with one attached hydrogen (secondary N) is 1. The molecule has 3 aromatic carbocycles. The van der Waals surface area contributed by atoms with Crippen LogP contribution in [0.1, 0.15) is 21.6 Å². The molecule has 32 heavy (non-hydrogen) atoms. The third-order valence-corrected chi connectivity index (χ3v) is 5.54. The molecule has 0 unspecified atom stereocenters. The smallest absolute Gasteiger partial charge is 0.209 e. The standard InChI is InChI=1S/C26H25NO5/c1-15-12-17(13-22(31-4)26(15)32-5)25(28)24-23(16-6-8-18(29-2)9-7-16)20-11-10-19(30-3)14-21(20)27-24/h6-14,27H,1-5H3. The highest BCUT2D eigenvalue weighted by Gasteiger charge is 2.23. The van der Waals surface area contributed by atoms with Crippen molar-refractivity contribution in [1.82, 2.24) is 4.98 Å². The van der Waals surface area contributed by atoms with Gasteiger partial charge in [-0.05, 0) is 54.4 Å². The third kappa shape index (κ3) is 3.64. The van der Waals surface area contributed by atoms with Crippen molar-refractivity contribution in [2.75, 3.05) is 28.4 Å². The Hall–Kier alpha value is -3.93. The van der Waals surface area contributed by atoms with Crippen molar-refractivity contribution in [2.24, 2.45) is 0 Å². The second kappa shape index (κ2) is 8.67. The van der Waals surface area contributed by atoms with Crippen molar-refractivity contribution in [3.05, 3.63) is 71.4 Å². The summed E-state index contributed by atoms with van der Waals surface area (Å²) in [7, 11) is 6.39. The molecule has 0 fully saturated rings. The number of hydrogen-bond acceptors (Lipinski definition) is 5. The largest absolute Gasteiger partial charge is 0.497 e. The Balaban J connectivity index is 1.93. The minimum atomic E-state index is -0.143. The number of aromatic nitrogens is 1. The van der Waals surface area contributed by atoms with Gasteiger partial charge in [-0.2, -0.15) is 0 Å². The summed E-state index contributed by atoms with van der Waals surface area (Å²) in [4.78, 5) is 17.0. The first-order valence-electron chi connectivity index (χ1n) is 10.1. The average molecular weight is 431 g/mol. The highest BCUT2D eigenvalue weighted by molar-refractivity contribution is 6.17. The van der Waals surface area contributed by atoms with Gasteiger partial charge in [-0.1, -0.05) is 12.1 Å². The zero-order valence-corrected chi connectivity index (χ0v) is 18.7. The Morgan fingerprint density at radius 1 is 0.781 bits per heavy atom. The van der Waals surface area contributed by atoms with E-state index in [4.69, 9.17) is 18.9 Å². The van der Waals surface area contributed by atoms with E-state index in [-0.39, 0.29) is 5.78 Å². The molecule has 4 rings (SSSR count). The Morgan fingerprint density at radius 3 is 2.09 bits per heavy atom. The molecule has 0 spiro atoms. The van der Waals surface area contributed by atoms with Crippen LogP contribution < -0.4 is 18.9 Å². The lowest BCUT2D eigenvalue weighted by Crippen LogP contribution is -2.06. The number of hydrogen-bond donors (Lipinski definition) is 1. The molecular formula is C26H25NO5. The first-order chi connectivity index (χ1) is 15.5. The first-order valence-corrected chi connectivity index (χ1v) is 10.1. The molecule has 0 atom stereocenters. The number of carbonyl (C=O) groups excluding carboxylic acids is 1. The number of aryl methyl sites for hydroxylation is 1. The van der Waals surface area contributed by atoms with Crippen molar-refractivity contribution < 1.29 is 23.7 Å². The van der Waals surface area contributed by atoms with Crippen LogP contribution in [0, 0.1) is 6.92 Å². The van der Waals surface area contributed by atoms with E-state index >= 15 is 0 Å². The van der Waals surface area contributed by atoms with Crippen molar-refractivity contribution >= 4 is 16.7 Å². The molecule has 0 aliphatic carbocycles. The van der Waals surface area contributed by atoms with Crippen LogP contribution in [0.25, 0.3) is 22.0 Å². The van der Waals surface area contributed by atoms with Crippen molar-refractivity contribution in [1.29, 1.82) is 0 Å². The van der Waals surface area contributed by atoms with Crippen LogP contribution in [0.3, 0.4) is 0 Å². The lowest BCUT2D eigenvalue weighted by Gasteiger charge is -2.13. The predicted molar refractivity (Wildman–Crippen MR) is 125 cm³/mol. The van der Waals surface area contributed by atoms with Crippen LogP contribution in [-0.2, 0) is 0 Å². The number of carbonyl (C=O) groups is 1. The summed E-state index contributed by atoms with van der Waals surface area (Å²) in [5.74, 6) is 2.44. The maximum atomic E-state index is 13.7. The quantitative estimate of drug-likeness (QED) is 0.396. The van der Waals surface area contributed by atoms with Gasteiger partial charge < -0.3 is 23.9 Å². The molecule has 164 valence electrons. The van der Waals surface area contributed by atoms with Crippen molar-refractivity contribution in [3.8, 4) is 34.1 Å². The van der Waals surface area contributed by atoms with E-state index in [2.05, 4.69) is 4.98 Å². The van der Waals surface area contributed by atoms with Gasteiger partial charge in [0, 0.05) is 22.6 Å². The minimum Gasteiger partial charge on any atom is -0.497 e. The summed E-state index contributed by atoms with van der Waals surface area (Å²) in [6, 6.07) is 16.9. The summed E-state index contributed by atoms with van der Waals surface area (Å²) in [5.41, 5.74) is 4.36. The zero-order chi connectivity index (χ0) is 22.8. The van der Waals surface area contributed by atoms with Crippen LogP contribution in [0.5, 0.6) is 23.0 Å². The molecule has 0 radical (unpaired) electrons. The second-order valence-electron chi connectivity index (χ2n) is 7.37. The second-order valence-corrected chi connectivity index (χ2v) is 7.37. The highest BCUT2D eigenvalue weighted by Crippen LogP contribution is 2.38. The fourth-order valence-electron chi connectivity index (χ4n) is 3.96. The van der Waals surface area contributed by atoms with Gasteiger partial charge in [0.1, 0.15) is 11.5 Å². The monoisotopic (exact) mass is 431 g/mol. The summed E-state index contributed by atoms with van der Waals surface area (Å²) >= 11 is 0. The molecule has 1 heterocycles. The maximum absolute atomic E-state index is 13.7. The summed E-state index contributed by atoms with van der Waals surface area (Å²) in [5, 5.41) is 0.927. The van der Waals surface area contributed by atoms with Crippen molar-refractivity contribution in [2.45, 2.75) is 6.92 Å². The van der Waals surface area contributed by atoms with Gasteiger partial charge >= 0.3 is 0 Å². The van der Waals surface area contributed by atoms with Gasteiger partial charge in [0.2, 0.25) is 5.78 Å². The lowest BCUT2D eigenvalue weighted by atomic mass is 9.96. The SMILES string of the molecule is COc1ccc(-c2c(C(=O)c3cc(C)c(OC)c(OC)c3)[nH]c3cc(OC)ccc23)cc1. The molecular weight excluding hydrogens is 406 g/mol. The molecule has 4 aromatic rings. The van der Waals surface area contributed by atoms with Gasteiger partial charge in [0.05, 0.1) is 39.6 Å². The Kier molecular flexibility index (Phi) is 5.77. The summed E-state index contributed by atoms with van der Waals surface area (Å²) in [6.45, 7) is 1.89. The zero-order valence-electron chi connectivity index (χ0n) is 18.7. The number of methoxy groups -OCH3 is 4. The van der Waals surface area contributed by atoms with Gasteiger partial charge in [-0.25, -0.2) is 0 Å². The van der Waals surface area contributed by atoms with Crippen LogP contribution in [-0.4, -0.2) is 39.2 Å². The highest BCUT2D eigenvalue weighted by atomic mass is 16.5. The van der Waals surface area contributed by atoms with Crippen LogP contribution >= 0.6 is 0 Å². The van der Waals surface area contributed by atoms with E-state index < -0.39 is 0 Å². The van der Waals surface area contributed by atoms with E-state index in [1.54, 1.807) is 34.5 Å². The lowest BCUT2D eigenvalue weighted by molar-refractivity contribution is 0.103. The van der Waals surface area contributed by atoms with E-state index in [1.807, 2.05) is 55.5 Å². The average Bonchev–Trinajstić information content (AvgIpc) is 3.21. The topological polar surface area (TPSA) is 69.8 Å². The summed E-state index contributed by atoms with van der Waals surface area (Å²) in [6.07, 6.45) is 0. The van der Waals surface area contributed by atoms with Gasteiger partial charge in [-0.3, -0.25) is 4.79 Å². The number of fused-ring (bicyclic) bond motifs is 1. The molecule has 0 amide bonds. The molecule has 0 aliphatic rings. The van der Waals surface area contributed by atoms with Crippen LogP contribution in [0.4, 0.5) is 0 Å². The molecule has 1 N–H and O–H groups in total. The van der Waals surface area contributed by atoms with Crippen molar-refractivity contribution in [3.63, 3.8) is 0 Å². The fraction of sp³-hybridized carbons (Fsp3) is 0.192. The van der Waals surface area contributed by atoms with Gasteiger partial charge in [-0.15, -0.1) is 0 Å².